The van der Waals surface area contributed by atoms with Crippen molar-refractivity contribution in [2.75, 3.05) is 6.61 Å². The minimum absolute atomic E-state index is 0.193. The highest BCUT2D eigenvalue weighted by Gasteiger charge is 2.12. The zero-order valence-corrected chi connectivity index (χ0v) is 12.0. The van der Waals surface area contributed by atoms with Crippen LogP contribution in [0.2, 0.25) is 0 Å². The number of hydrogen-bond acceptors (Lipinski definition) is 2. The molecule has 0 spiro atoms. The van der Waals surface area contributed by atoms with Gasteiger partial charge >= 0.3 is 0 Å². The molecule has 0 saturated heterocycles. The summed E-state index contributed by atoms with van der Waals surface area (Å²) in [6.07, 6.45) is 4.73. The van der Waals surface area contributed by atoms with E-state index in [0.29, 0.717) is 6.61 Å². The average Bonchev–Trinajstić information content (AvgIpc) is 2.87. The van der Waals surface area contributed by atoms with Gasteiger partial charge in [0.15, 0.2) is 0 Å². The number of nitrogens with zero attached hydrogens (tertiary/aromatic N) is 2. The standard InChI is InChI=1S/C16H22N2O/c1-16(2,3)14-6-8-15(9-7-14)19-13-5-12-18-11-4-10-17-18/h4,6-11H,5,12-13H2,1-3H3. The molecule has 1 heterocycles. The summed E-state index contributed by atoms with van der Waals surface area (Å²) >= 11 is 0. The lowest BCUT2D eigenvalue weighted by Gasteiger charge is -2.19. The van der Waals surface area contributed by atoms with Gasteiger partial charge in [-0.1, -0.05) is 32.9 Å². The Morgan fingerprint density at radius 1 is 1.16 bits per heavy atom. The lowest BCUT2D eigenvalue weighted by atomic mass is 9.87. The molecule has 2 rings (SSSR count). The third kappa shape index (κ3) is 4.12. The van der Waals surface area contributed by atoms with Crippen molar-refractivity contribution < 1.29 is 4.74 Å². The summed E-state index contributed by atoms with van der Waals surface area (Å²) in [6.45, 7) is 8.26. The van der Waals surface area contributed by atoms with Crippen molar-refractivity contribution >= 4 is 0 Å². The van der Waals surface area contributed by atoms with E-state index in [0.717, 1.165) is 18.7 Å². The summed E-state index contributed by atoms with van der Waals surface area (Å²) in [7, 11) is 0. The highest BCUT2D eigenvalue weighted by molar-refractivity contribution is 5.31. The molecule has 1 aromatic carbocycles. The van der Waals surface area contributed by atoms with Crippen LogP contribution in [0.1, 0.15) is 32.8 Å². The van der Waals surface area contributed by atoms with Crippen LogP contribution >= 0.6 is 0 Å². The second-order valence-electron chi connectivity index (χ2n) is 5.75. The molecular weight excluding hydrogens is 236 g/mol. The van der Waals surface area contributed by atoms with Crippen LogP contribution in [0.5, 0.6) is 5.75 Å². The molecule has 19 heavy (non-hydrogen) atoms. The Kier molecular flexibility index (Phi) is 4.25. The van der Waals surface area contributed by atoms with E-state index in [4.69, 9.17) is 4.74 Å². The second-order valence-corrected chi connectivity index (χ2v) is 5.75. The summed E-state index contributed by atoms with van der Waals surface area (Å²) in [5, 5.41) is 4.16. The van der Waals surface area contributed by atoms with E-state index in [1.54, 1.807) is 6.20 Å². The zero-order chi connectivity index (χ0) is 13.7. The molecule has 0 amide bonds. The van der Waals surface area contributed by atoms with Gasteiger partial charge < -0.3 is 4.74 Å². The molecule has 0 radical (unpaired) electrons. The van der Waals surface area contributed by atoms with Gasteiger partial charge in [0.25, 0.3) is 0 Å². The fraction of sp³-hybridized carbons (Fsp3) is 0.438. The largest absolute Gasteiger partial charge is 0.494 e. The zero-order valence-electron chi connectivity index (χ0n) is 12.0. The molecule has 3 heteroatoms. The maximum Gasteiger partial charge on any atom is 0.119 e. The molecule has 0 atom stereocenters. The van der Waals surface area contributed by atoms with Gasteiger partial charge in [0.05, 0.1) is 6.61 Å². The highest BCUT2D eigenvalue weighted by Crippen LogP contribution is 2.24. The quantitative estimate of drug-likeness (QED) is 0.765. The van der Waals surface area contributed by atoms with E-state index in [9.17, 15) is 0 Å². The number of aromatic nitrogens is 2. The maximum atomic E-state index is 5.73. The van der Waals surface area contributed by atoms with E-state index in [1.165, 1.54) is 5.56 Å². The number of ether oxygens (including phenoxy) is 1. The Labute approximate surface area is 115 Å². The predicted octanol–water partition coefficient (Wildman–Crippen LogP) is 3.65. The van der Waals surface area contributed by atoms with E-state index < -0.39 is 0 Å². The van der Waals surface area contributed by atoms with Gasteiger partial charge in [-0.3, -0.25) is 4.68 Å². The first-order chi connectivity index (χ1) is 9.05. The minimum Gasteiger partial charge on any atom is -0.494 e. The van der Waals surface area contributed by atoms with Crippen molar-refractivity contribution in [2.45, 2.75) is 39.2 Å². The molecule has 0 aliphatic carbocycles. The first kappa shape index (κ1) is 13.7. The number of benzene rings is 1. The number of rotatable bonds is 5. The van der Waals surface area contributed by atoms with Crippen LogP contribution in [0.4, 0.5) is 0 Å². The first-order valence-corrected chi connectivity index (χ1v) is 6.76. The SMILES string of the molecule is CC(C)(C)c1ccc(OCCCn2cccn2)cc1. The molecule has 0 aliphatic heterocycles. The predicted molar refractivity (Wildman–Crippen MR) is 77.5 cm³/mol. The Bertz CT molecular complexity index is 480. The number of aryl methyl sites for hydroxylation is 1. The topological polar surface area (TPSA) is 27.1 Å². The molecular formula is C16H22N2O. The lowest BCUT2D eigenvalue weighted by Crippen LogP contribution is -2.10. The Morgan fingerprint density at radius 3 is 2.47 bits per heavy atom. The molecule has 0 saturated carbocycles. The fourth-order valence-electron chi connectivity index (χ4n) is 1.90. The second kappa shape index (κ2) is 5.91. The van der Waals surface area contributed by atoms with Crippen LogP contribution < -0.4 is 4.74 Å². The fourth-order valence-corrected chi connectivity index (χ4v) is 1.90. The number of hydrogen-bond donors (Lipinski definition) is 0. The van der Waals surface area contributed by atoms with Crippen molar-refractivity contribution in [1.29, 1.82) is 0 Å². The van der Waals surface area contributed by atoms with Gasteiger partial charge in [-0.05, 0) is 29.2 Å². The molecule has 1 aromatic heterocycles. The van der Waals surface area contributed by atoms with Gasteiger partial charge in [-0.2, -0.15) is 5.10 Å². The molecule has 0 unspecified atom stereocenters. The van der Waals surface area contributed by atoms with Gasteiger partial charge in [-0.25, -0.2) is 0 Å². The van der Waals surface area contributed by atoms with Crippen LogP contribution in [-0.4, -0.2) is 16.4 Å². The smallest absolute Gasteiger partial charge is 0.119 e. The molecule has 3 nitrogen and oxygen atoms in total. The monoisotopic (exact) mass is 258 g/mol. The lowest BCUT2D eigenvalue weighted by molar-refractivity contribution is 0.298. The van der Waals surface area contributed by atoms with E-state index in [1.807, 2.05) is 16.9 Å². The van der Waals surface area contributed by atoms with Gasteiger partial charge in [0, 0.05) is 25.4 Å². The summed E-state index contributed by atoms with van der Waals surface area (Å²) in [5.41, 5.74) is 1.52. The normalized spacial score (nSPS) is 11.5. The van der Waals surface area contributed by atoms with Crippen molar-refractivity contribution in [3.8, 4) is 5.75 Å². The first-order valence-electron chi connectivity index (χ1n) is 6.76. The van der Waals surface area contributed by atoms with Gasteiger partial charge in [-0.15, -0.1) is 0 Å². The summed E-state index contributed by atoms with van der Waals surface area (Å²) in [5.74, 6) is 0.938. The van der Waals surface area contributed by atoms with E-state index in [-0.39, 0.29) is 5.41 Å². The van der Waals surface area contributed by atoms with Crippen molar-refractivity contribution in [3.05, 3.63) is 48.3 Å². The van der Waals surface area contributed by atoms with E-state index >= 15 is 0 Å². The molecule has 102 valence electrons. The summed E-state index contributed by atoms with van der Waals surface area (Å²) < 4.78 is 7.65. The third-order valence-corrected chi connectivity index (χ3v) is 3.08. The summed E-state index contributed by atoms with van der Waals surface area (Å²) in [4.78, 5) is 0. The Hall–Kier alpha value is -1.77. The van der Waals surface area contributed by atoms with Crippen LogP contribution in [0.25, 0.3) is 0 Å². The highest BCUT2D eigenvalue weighted by atomic mass is 16.5. The minimum atomic E-state index is 0.193. The molecule has 0 N–H and O–H groups in total. The van der Waals surface area contributed by atoms with E-state index in [2.05, 4.69) is 50.1 Å². The van der Waals surface area contributed by atoms with Crippen molar-refractivity contribution in [3.63, 3.8) is 0 Å². The van der Waals surface area contributed by atoms with Crippen molar-refractivity contribution in [2.24, 2.45) is 0 Å². The van der Waals surface area contributed by atoms with Gasteiger partial charge in [0.1, 0.15) is 5.75 Å². The van der Waals surface area contributed by atoms with Crippen molar-refractivity contribution in [1.82, 2.24) is 9.78 Å². The molecule has 0 aliphatic rings. The van der Waals surface area contributed by atoms with Gasteiger partial charge in [0.2, 0.25) is 0 Å². The van der Waals surface area contributed by atoms with Crippen LogP contribution in [0, 0.1) is 0 Å². The average molecular weight is 258 g/mol. The Balaban J connectivity index is 1.77. The Morgan fingerprint density at radius 2 is 1.89 bits per heavy atom. The van der Waals surface area contributed by atoms with Crippen LogP contribution in [-0.2, 0) is 12.0 Å². The van der Waals surface area contributed by atoms with Crippen LogP contribution in [0.15, 0.2) is 42.7 Å². The third-order valence-electron chi connectivity index (χ3n) is 3.08. The maximum absolute atomic E-state index is 5.73. The molecule has 0 bridgehead atoms. The molecule has 0 fully saturated rings. The summed E-state index contributed by atoms with van der Waals surface area (Å²) in [6, 6.07) is 10.3. The van der Waals surface area contributed by atoms with Crippen LogP contribution in [0.3, 0.4) is 0 Å². The molecule has 2 aromatic rings.